The summed E-state index contributed by atoms with van der Waals surface area (Å²) in [4.78, 5) is 24.9. The first-order chi connectivity index (χ1) is 14.6. The van der Waals surface area contributed by atoms with Crippen molar-refractivity contribution in [3.05, 3.63) is 89.3 Å². The Kier molecular flexibility index (Phi) is 5.48. The number of fused-ring (bicyclic) bond motifs is 1. The van der Waals surface area contributed by atoms with Crippen molar-refractivity contribution in [3.8, 4) is 28.4 Å². The highest BCUT2D eigenvalue weighted by molar-refractivity contribution is 5.83. The summed E-state index contributed by atoms with van der Waals surface area (Å²) >= 11 is 0. The maximum Gasteiger partial charge on any atom is 0.349 e. The number of methoxy groups -OCH3 is 1. The molecular weight excluding hydrogens is 384 g/mol. The fraction of sp³-hybridized carbons (Fsp3) is 0.0833. The van der Waals surface area contributed by atoms with Gasteiger partial charge in [0.25, 0.3) is 0 Å². The van der Waals surface area contributed by atoms with Crippen LogP contribution in [0.1, 0.15) is 0 Å². The quantitative estimate of drug-likeness (QED) is 0.350. The van der Waals surface area contributed by atoms with Crippen LogP contribution in [-0.4, -0.2) is 19.7 Å². The van der Waals surface area contributed by atoms with Gasteiger partial charge in [-0.25, -0.2) is 4.79 Å². The molecule has 150 valence electrons. The zero-order valence-corrected chi connectivity index (χ0v) is 16.2. The van der Waals surface area contributed by atoms with E-state index in [0.29, 0.717) is 28.0 Å². The van der Waals surface area contributed by atoms with Gasteiger partial charge in [-0.1, -0.05) is 30.3 Å². The molecule has 3 aromatic carbocycles. The molecule has 6 nitrogen and oxygen atoms in total. The van der Waals surface area contributed by atoms with Crippen LogP contribution in [0.5, 0.6) is 17.2 Å². The number of ether oxygens (including phenoxy) is 3. The minimum atomic E-state index is -0.576. The van der Waals surface area contributed by atoms with Gasteiger partial charge >= 0.3 is 5.97 Å². The third-order valence-corrected chi connectivity index (χ3v) is 4.48. The molecule has 0 fully saturated rings. The van der Waals surface area contributed by atoms with Gasteiger partial charge in [-0.05, 0) is 42.0 Å². The Balaban J connectivity index is 1.46. The van der Waals surface area contributed by atoms with Crippen LogP contribution in [0, 0.1) is 0 Å². The molecule has 1 aromatic heterocycles. The van der Waals surface area contributed by atoms with E-state index in [9.17, 15) is 9.59 Å². The number of benzene rings is 3. The standard InChI is InChI=1S/C24H18O6/c1-27-17-7-9-18(10-8-17)28-15-23(25)30-19-11-12-20-22(13-19)29-14-21(24(20)26)16-5-3-2-4-6-16/h2-14H,15H2,1H3. The Morgan fingerprint density at radius 1 is 0.900 bits per heavy atom. The topological polar surface area (TPSA) is 75.0 Å². The molecule has 0 spiro atoms. The summed E-state index contributed by atoms with van der Waals surface area (Å²) < 4.78 is 21.4. The SMILES string of the molecule is COc1ccc(OCC(=O)Oc2ccc3c(=O)c(-c4ccccc4)coc3c2)cc1. The third kappa shape index (κ3) is 4.17. The first kappa shape index (κ1) is 19.3. The van der Waals surface area contributed by atoms with Gasteiger partial charge in [0.15, 0.2) is 12.0 Å². The van der Waals surface area contributed by atoms with Crippen LogP contribution in [0.25, 0.3) is 22.1 Å². The van der Waals surface area contributed by atoms with Crippen molar-refractivity contribution in [2.24, 2.45) is 0 Å². The Morgan fingerprint density at radius 2 is 1.60 bits per heavy atom. The summed E-state index contributed by atoms with van der Waals surface area (Å²) in [7, 11) is 1.57. The molecule has 0 radical (unpaired) electrons. The molecule has 0 atom stereocenters. The van der Waals surface area contributed by atoms with Gasteiger partial charge in [0.05, 0.1) is 18.1 Å². The number of hydrogen-bond acceptors (Lipinski definition) is 6. The number of carbonyl (C=O) groups excluding carboxylic acids is 1. The fourth-order valence-corrected chi connectivity index (χ4v) is 2.96. The zero-order chi connectivity index (χ0) is 20.9. The maximum atomic E-state index is 12.8. The average Bonchev–Trinajstić information content (AvgIpc) is 2.79. The van der Waals surface area contributed by atoms with Gasteiger partial charge in [-0.3, -0.25) is 4.79 Å². The molecule has 0 N–H and O–H groups in total. The lowest BCUT2D eigenvalue weighted by Gasteiger charge is -2.08. The molecular formula is C24H18O6. The Labute approximate surface area is 172 Å². The summed E-state index contributed by atoms with van der Waals surface area (Å²) in [5.41, 5.74) is 1.43. The Bertz CT molecular complexity index is 1230. The summed E-state index contributed by atoms with van der Waals surface area (Å²) in [6.45, 7) is -0.263. The van der Waals surface area contributed by atoms with E-state index in [-0.39, 0.29) is 17.8 Å². The van der Waals surface area contributed by atoms with Gasteiger partial charge in [0, 0.05) is 6.07 Å². The fourth-order valence-electron chi connectivity index (χ4n) is 2.96. The van der Waals surface area contributed by atoms with E-state index in [1.165, 1.54) is 12.3 Å². The van der Waals surface area contributed by atoms with Crippen LogP contribution in [-0.2, 0) is 4.79 Å². The molecule has 4 rings (SSSR count). The van der Waals surface area contributed by atoms with Crippen molar-refractivity contribution < 1.29 is 23.4 Å². The lowest BCUT2D eigenvalue weighted by atomic mass is 10.1. The van der Waals surface area contributed by atoms with Gasteiger partial charge in [-0.2, -0.15) is 0 Å². The maximum absolute atomic E-state index is 12.8. The van der Waals surface area contributed by atoms with Crippen LogP contribution < -0.4 is 19.6 Å². The molecule has 4 aromatic rings. The second-order valence-corrected chi connectivity index (χ2v) is 6.44. The lowest BCUT2D eigenvalue weighted by Crippen LogP contribution is -2.17. The summed E-state index contributed by atoms with van der Waals surface area (Å²) in [6.07, 6.45) is 1.42. The predicted octanol–water partition coefficient (Wildman–Crippen LogP) is 4.45. The van der Waals surface area contributed by atoms with Crippen LogP contribution >= 0.6 is 0 Å². The van der Waals surface area contributed by atoms with Gasteiger partial charge in [0.1, 0.15) is 29.1 Å². The van der Waals surface area contributed by atoms with Crippen LogP contribution in [0.15, 0.2) is 88.3 Å². The molecule has 6 heteroatoms. The Morgan fingerprint density at radius 3 is 2.33 bits per heavy atom. The largest absolute Gasteiger partial charge is 0.497 e. The predicted molar refractivity (Wildman–Crippen MR) is 112 cm³/mol. The molecule has 0 aliphatic rings. The summed E-state index contributed by atoms with van der Waals surface area (Å²) in [6, 6.07) is 20.8. The first-order valence-electron chi connectivity index (χ1n) is 9.22. The van der Waals surface area contributed by atoms with Gasteiger partial charge in [0.2, 0.25) is 0 Å². The van der Waals surface area contributed by atoms with Crippen molar-refractivity contribution in [3.63, 3.8) is 0 Å². The highest BCUT2D eigenvalue weighted by atomic mass is 16.6. The molecule has 0 saturated carbocycles. The van der Waals surface area contributed by atoms with E-state index in [2.05, 4.69) is 0 Å². The number of hydrogen-bond donors (Lipinski definition) is 0. The minimum Gasteiger partial charge on any atom is -0.497 e. The van der Waals surface area contributed by atoms with Crippen LogP contribution in [0.3, 0.4) is 0 Å². The van der Waals surface area contributed by atoms with E-state index in [1.807, 2.05) is 30.3 Å². The normalized spacial score (nSPS) is 10.6. The highest BCUT2D eigenvalue weighted by Gasteiger charge is 2.12. The first-order valence-corrected chi connectivity index (χ1v) is 9.22. The molecule has 0 aliphatic heterocycles. The second kappa shape index (κ2) is 8.53. The summed E-state index contributed by atoms with van der Waals surface area (Å²) in [5, 5.41) is 0.408. The molecule has 0 aliphatic carbocycles. The van der Waals surface area contributed by atoms with E-state index in [4.69, 9.17) is 18.6 Å². The van der Waals surface area contributed by atoms with Crippen molar-refractivity contribution in [1.29, 1.82) is 0 Å². The molecule has 0 bridgehead atoms. The molecule has 0 saturated heterocycles. The lowest BCUT2D eigenvalue weighted by molar-refractivity contribution is -0.136. The number of rotatable bonds is 6. The second-order valence-electron chi connectivity index (χ2n) is 6.44. The van der Waals surface area contributed by atoms with Gasteiger partial charge < -0.3 is 18.6 Å². The van der Waals surface area contributed by atoms with Crippen molar-refractivity contribution >= 4 is 16.9 Å². The van der Waals surface area contributed by atoms with E-state index in [1.54, 1.807) is 43.5 Å². The van der Waals surface area contributed by atoms with Crippen LogP contribution in [0.2, 0.25) is 0 Å². The molecule has 0 amide bonds. The monoisotopic (exact) mass is 402 g/mol. The van der Waals surface area contributed by atoms with E-state index < -0.39 is 5.97 Å². The van der Waals surface area contributed by atoms with Crippen molar-refractivity contribution in [2.75, 3.05) is 13.7 Å². The minimum absolute atomic E-state index is 0.150. The average molecular weight is 402 g/mol. The van der Waals surface area contributed by atoms with Crippen molar-refractivity contribution in [2.45, 2.75) is 0 Å². The Hall–Kier alpha value is -4.06. The number of esters is 1. The third-order valence-electron chi connectivity index (χ3n) is 4.48. The zero-order valence-electron chi connectivity index (χ0n) is 16.2. The molecule has 0 unspecified atom stereocenters. The molecule has 1 heterocycles. The van der Waals surface area contributed by atoms with E-state index in [0.717, 1.165) is 5.56 Å². The van der Waals surface area contributed by atoms with E-state index >= 15 is 0 Å². The van der Waals surface area contributed by atoms with Crippen LogP contribution in [0.4, 0.5) is 0 Å². The molecule has 30 heavy (non-hydrogen) atoms. The summed E-state index contributed by atoms with van der Waals surface area (Å²) in [5.74, 6) is 0.901. The smallest absolute Gasteiger partial charge is 0.349 e. The number of carbonyl (C=O) groups is 1. The van der Waals surface area contributed by atoms with Gasteiger partial charge in [-0.15, -0.1) is 0 Å². The highest BCUT2D eigenvalue weighted by Crippen LogP contribution is 2.23. The van der Waals surface area contributed by atoms with Crippen molar-refractivity contribution in [1.82, 2.24) is 0 Å².